The average molecular weight is 467 g/mol. The SMILES string of the molecule is CN(C)CCCN1C(=O)C(=O)/C(=C(/O)c2ccc3c(c2)OCCO3)C1c1ccc([N+](=O)[O-])cc1. The molecule has 1 saturated heterocycles. The molecule has 34 heavy (non-hydrogen) atoms. The molecule has 1 fully saturated rings. The third kappa shape index (κ3) is 4.44. The molecular weight excluding hydrogens is 442 g/mol. The fourth-order valence-corrected chi connectivity index (χ4v) is 4.14. The first-order chi connectivity index (χ1) is 16.3. The first kappa shape index (κ1) is 23.2. The number of likely N-dealkylation sites (tertiary alicyclic amines) is 1. The molecule has 2 aromatic rings. The number of non-ortho nitro benzene ring substituents is 1. The van der Waals surface area contributed by atoms with Crippen LogP contribution in [-0.4, -0.2) is 71.9 Å². The van der Waals surface area contributed by atoms with Crippen LogP contribution in [0.15, 0.2) is 48.0 Å². The quantitative estimate of drug-likeness (QED) is 0.217. The van der Waals surface area contributed by atoms with Crippen molar-refractivity contribution in [2.75, 3.05) is 40.4 Å². The van der Waals surface area contributed by atoms with Crippen molar-refractivity contribution in [1.29, 1.82) is 0 Å². The highest BCUT2D eigenvalue weighted by molar-refractivity contribution is 6.46. The first-order valence-electron chi connectivity index (χ1n) is 10.9. The van der Waals surface area contributed by atoms with Crippen LogP contribution < -0.4 is 9.47 Å². The minimum Gasteiger partial charge on any atom is -0.507 e. The molecule has 0 aromatic heterocycles. The van der Waals surface area contributed by atoms with Gasteiger partial charge in [0.1, 0.15) is 19.0 Å². The fourth-order valence-electron chi connectivity index (χ4n) is 4.14. The summed E-state index contributed by atoms with van der Waals surface area (Å²) in [6.45, 7) is 1.74. The van der Waals surface area contributed by atoms with Crippen molar-refractivity contribution < 1.29 is 29.1 Å². The number of amides is 1. The molecule has 178 valence electrons. The molecule has 1 amide bonds. The number of ether oxygens (including phenoxy) is 2. The van der Waals surface area contributed by atoms with E-state index in [-0.39, 0.29) is 23.6 Å². The molecule has 4 rings (SSSR count). The Morgan fingerprint density at radius 3 is 2.44 bits per heavy atom. The minimum atomic E-state index is -0.879. The molecule has 10 heteroatoms. The minimum absolute atomic E-state index is 0.0691. The maximum atomic E-state index is 13.1. The largest absolute Gasteiger partial charge is 0.507 e. The Hall–Kier alpha value is -3.92. The number of hydrogen-bond donors (Lipinski definition) is 1. The number of aliphatic hydroxyl groups is 1. The molecule has 2 heterocycles. The van der Waals surface area contributed by atoms with E-state index in [1.54, 1.807) is 18.2 Å². The monoisotopic (exact) mass is 467 g/mol. The van der Waals surface area contributed by atoms with E-state index < -0.39 is 22.7 Å². The van der Waals surface area contributed by atoms with Gasteiger partial charge in [-0.05, 0) is 63.0 Å². The maximum absolute atomic E-state index is 13.1. The first-order valence-corrected chi connectivity index (χ1v) is 10.9. The van der Waals surface area contributed by atoms with Gasteiger partial charge >= 0.3 is 0 Å². The molecule has 0 bridgehead atoms. The molecule has 0 spiro atoms. The third-order valence-electron chi connectivity index (χ3n) is 5.78. The number of fused-ring (bicyclic) bond motifs is 1. The number of hydrogen-bond acceptors (Lipinski definition) is 8. The van der Waals surface area contributed by atoms with Crippen LogP contribution in [0.4, 0.5) is 5.69 Å². The highest BCUT2D eigenvalue weighted by Gasteiger charge is 2.46. The van der Waals surface area contributed by atoms with Crippen LogP contribution >= 0.6 is 0 Å². The van der Waals surface area contributed by atoms with Crippen LogP contribution in [0.2, 0.25) is 0 Å². The van der Waals surface area contributed by atoms with Gasteiger partial charge in [-0.25, -0.2) is 0 Å². The Morgan fingerprint density at radius 2 is 1.79 bits per heavy atom. The number of nitrogens with zero attached hydrogens (tertiary/aromatic N) is 3. The lowest BCUT2D eigenvalue weighted by atomic mass is 9.95. The van der Waals surface area contributed by atoms with E-state index in [9.17, 15) is 24.8 Å². The van der Waals surface area contributed by atoms with Gasteiger partial charge in [-0.2, -0.15) is 0 Å². The topological polar surface area (TPSA) is 122 Å². The summed E-state index contributed by atoms with van der Waals surface area (Å²) in [7, 11) is 3.81. The highest BCUT2D eigenvalue weighted by atomic mass is 16.6. The highest BCUT2D eigenvalue weighted by Crippen LogP contribution is 2.41. The molecule has 0 saturated carbocycles. The summed E-state index contributed by atoms with van der Waals surface area (Å²) in [6, 6.07) is 9.56. The molecule has 2 aliphatic heterocycles. The predicted molar refractivity (Wildman–Crippen MR) is 123 cm³/mol. The van der Waals surface area contributed by atoms with Crippen molar-refractivity contribution in [3.05, 3.63) is 69.3 Å². The summed E-state index contributed by atoms with van der Waals surface area (Å²) in [4.78, 5) is 40.0. The fraction of sp³-hybridized carbons (Fsp3) is 0.333. The second-order valence-corrected chi connectivity index (χ2v) is 8.36. The Balaban J connectivity index is 1.78. The van der Waals surface area contributed by atoms with Gasteiger partial charge in [-0.1, -0.05) is 0 Å². The molecule has 1 unspecified atom stereocenters. The van der Waals surface area contributed by atoms with Gasteiger partial charge in [0.25, 0.3) is 17.4 Å². The van der Waals surface area contributed by atoms with Crippen LogP contribution in [0.25, 0.3) is 5.76 Å². The lowest BCUT2D eigenvalue weighted by Gasteiger charge is -2.26. The molecule has 0 aliphatic carbocycles. The summed E-state index contributed by atoms with van der Waals surface area (Å²) < 4.78 is 11.1. The molecule has 1 N–H and O–H groups in total. The standard InChI is InChI=1S/C24H25N3O7/c1-25(2)10-3-11-26-21(15-4-7-17(8-5-15)27(31)32)20(23(29)24(26)30)22(28)16-6-9-18-19(14-16)34-13-12-33-18/h4-9,14,21,28H,3,10-13H2,1-2H3/b22-20+. The van der Waals surface area contributed by atoms with Crippen molar-refractivity contribution in [2.45, 2.75) is 12.5 Å². The second-order valence-electron chi connectivity index (χ2n) is 8.36. The van der Waals surface area contributed by atoms with E-state index in [0.717, 1.165) is 0 Å². The number of Topliss-reactive ketones (excluding diaryl/α,β-unsaturated/α-hetero) is 1. The number of rotatable bonds is 7. The summed E-state index contributed by atoms with van der Waals surface area (Å²) in [5.41, 5.74) is 0.622. The maximum Gasteiger partial charge on any atom is 0.295 e. The van der Waals surface area contributed by atoms with Crippen molar-refractivity contribution in [3.8, 4) is 11.5 Å². The number of ketones is 1. The lowest BCUT2D eigenvalue weighted by molar-refractivity contribution is -0.384. The Morgan fingerprint density at radius 1 is 1.12 bits per heavy atom. The second kappa shape index (κ2) is 9.52. The third-order valence-corrected chi connectivity index (χ3v) is 5.78. The molecule has 2 aromatic carbocycles. The summed E-state index contributed by atoms with van der Waals surface area (Å²) >= 11 is 0. The van der Waals surface area contributed by atoms with Crippen LogP contribution in [0.1, 0.15) is 23.6 Å². The number of nitro groups is 1. The number of benzene rings is 2. The number of nitro benzene ring substituents is 1. The zero-order chi connectivity index (χ0) is 24.4. The van der Waals surface area contributed by atoms with E-state index in [0.29, 0.717) is 48.8 Å². The van der Waals surface area contributed by atoms with Crippen LogP contribution in [0.3, 0.4) is 0 Å². The zero-order valence-electron chi connectivity index (χ0n) is 18.9. The van der Waals surface area contributed by atoms with Crippen LogP contribution in [0, 0.1) is 10.1 Å². The van der Waals surface area contributed by atoms with Crippen LogP contribution in [-0.2, 0) is 9.59 Å². The van der Waals surface area contributed by atoms with Gasteiger partial charge in [-0.3, -0.25) is 19.7 Å². The van der Waals surface area contributed by atoms with E-state index in [4.69, 9.17) is 9.47 Å². The molecule has 1 atom stereocenters. The van der Waals surface area contributed by atoms with E-state index in [1.807, 2.05) is 19.0 Å². The Labute approximate surface area is 196 Å². The zero-order valence-corrected chi connectivity index (χ0v) is 18.9. The van der Waals surface area contributed by atoms with Crippen LogP contribution in [0.5, 0.6) is 11.5 Å². The van der Waals surface area contributed by atoms with Crippen molar-refractivity contribution in [3.63, 3.8) is 0 Å². The van der Waals surface area contributed by atoms with Gasteiger partial charge in [-0.15, -0.1) is 0 Å². The van der Waals surface area contributed by atoms with Gasteiger partial charge in [0, 0.05) is 24.2 Å². The van der Waals surface area contributed by atoms with Gasteiger partial charge in [0.05, 0.1) is 16.5 Å². The normalized spacial score (nSPS) is 19.0. The predicted octanol–water partition coefficient (Wildman–Crippen LogP) is 2.74. The van der Waals surface area contributed by atoms with Crippen molar-refractivity contribution in [1.82, 2.24) is 9.80 Å². The Bertz CT molecular complexity index is 1160. The lowest BCUT2D eigenvalue weighted by Crippen LogP contribution is -2.32. The van der Waals surface area contributed by atoms with Gasteiger partial charge < -0.3 is 24.4 Å². The molecule has 2 aliphatic rings. The van der Waals surface area contributed by atoms with E-state index >= 15 is 0 Å². The van der Waals surface area contributed by atoms with E-state index in [2.05, 4.69) is 0 Å². The van der Waals surface area contributed by atoms with E-state index in [1.165, 1.54) is 29.2 Å². The summed E-state index contributed by atoms with van der Waals surface area (Å²) in [6.07, 6.45) is 0.605. The number of carbonyl (C=O) groups is 2. The molecule has 0 radical (unpaired) electrons. The number of carbonyl (C=O) groups excluding carboxylic acids is 2. The summed E-state index contributed by atoms with van der Waals surface area (Å²) in [5, 5.41) is 22.3. The average Bonchev–Trinajstić information content (AvgIpc) is 3.08. The Kier molecular flexibility index (Phi) is 6.51. The van der Waals surface area contributed by atoms with Crippen molar-refractivity contribution in [2.24, 2.45) is 0 Å². The van der Waals surface area contributed by atoms with Gasteiger partial charge in [0.15, 0.2) is 11.5 Å². The van der Waals surface area contributed by atoms with Gasteiger partial charge in [0.2, 0.25) is 0 Å². The molecule has 10 nitrogen and oxygen atoms in total. The smallest absolute Gasteiger partial charge is 0.295 e. The summed E-state index contributed by atoms with van der Waals surface area (Å²) in [5.74, 6) is -0.906. The van der Waals surface area contributed by atoms with Crippen molar-refractivity contribution >= 4 is 23.1 Å². The molecular formula is C24H25N3O7. The number of aliphatic hydroxyl groups excluding tert-OH is 1.